The fraction of sp³-hybridized carbons (Fsp3) is 0.125. The first kappa shape index (κ1) is 13.7. The zero-order valence-corrected chi connectivity index (χ0v) is 12.7. The Labute approximate surface area is 127 Å². The highest BCUT2D eigenvalue weighted by atomic mass is 32.2. The van der Waals surface area contributed by atoms with Crippen molar-refractivity contribution in [1.29, 1.82) is 0 Å². The quantitative estimate of drug-likeness (QED) is 0.689. The van der Waals surface area contributed by atoms with E-state index in [9.17, 15) is 0 Å². The van der Waals surface area contributed by atoms with Gasteiger partial charge in [0.2, 0.25) is 0 Å². The highest BCUT2D eigenvalue weighted by molar-refractivity contribution is 7.98. The molecule has 3 aromatic rings. The van der Waals surface area contributed by atoms with E-state index in [1.165, 1.54) is 0 Å². The third kappa shape index (κ3) is 2.64. The number of nitrogens with zero attached hydrogens (tertiary/aromatic N) is 3. The molecule has 0 saturated heterocycles. The normalized spacial score (nSPS) is 10.6. The van der Waals surface area contributed by atoms with Gasteiger partial charge in [-0.25, -0.2) is 0 Å². The summed E-state index contributed by atoms with van der Waals surface area (Å²) in [6.45, 7) is 0. The smallest absolute Gasteiger partial charge is 0.195 e. The summed E-state index contributed by atoms with van der Waals surface area (Å²) in [5.74, 6) is 1.62. The molecule has 0 spiro atoms. The first-order valence-electron chi connectivity index (χ1n) is 6.52. The molecule has 0 saturated carbocycles. The highest BCUT2D eigenvalue weighted by Crippen LogP contribution is 2.28. The van der Waals surface area contributed by atoms with E-state index in [0.717, 1.165) is 28.0 Å². The molecule has 0 N–H and O–H groups in total. The minimum Gasteiger partial charge on any atom is -0.497 e. The molecule has 0 fully saturated rings. The number of para-hydroxylation sites is 1. The van der Waals surface area contributed by atoms with Gasteiger partial charge in [0, 0.05) is 11.3 Å². The Morgan fingerprint density at radius 2 is 1.81 bits per heavy atom. The van der Waals surface area contributed by atoms with Crippen molar-refractivity contribution in [2.45, 2.75) is 5.16 Å². The van der Waals surface area contributed by atoms with Crippen LogP contribution in [0.1, 0.15) is 0 Å². The first-order valence-corrected chi connectivity index (χ1v) is 7.75. The van der Waals surface area contributed by atoms with Gasteiger partial charge in [-0.1, -0.05) is 42.1 Å². The van der Waals surface area contributed by atoms with Crippen molar-refractivity contribution in [3.05, 3.63) is 54.6 Å². The van der Waals surface area contributed by atoms with Gasteiger partial charge in [0.25, 0.3) is 0 Å². The van der Waals surface area contributed by atoms with Gasteiger partial charge in [-0.05, 0) is 30.5 Å². The average Bonchev–Trinajstić information content (AvgIpc) is 2.99. The number of thioether (sulfide) groups is 1. The van der Waals surface area contributed by atoms with Crippen molar-refractivity contribution in [3.8, 4) is 22.8 Å². The van der Waals surface area contributed by atoms with Crippen LogP contribution in [-0.4, -0.2) is 28.1 Å². The van der Waals surface area contributed by atoms with Gasteiger partial charge >= 0.3 is 0 Å². The second-order valence-electron chi connectivity index (χ2n) is 4.41. The molecule has 0 aliphatic heterocycles. The third-order valence-electron chi connectivity index (χ3n) is 3.16. The van der Waals surface area contributed by atoms with Gasteiger partial charge in [-0.3, -0.25) is 4.57 Å². The van der Waals surface area contributed by atoms with E-state index in [1.54, 1.807) is 18.9 Å². The molecule has 0 atom stereocenters. The van der Waals surface area contributed by atoms with Crippen LogP contribution in [0.2, 0.25) is 0 Å². The summed E-state index contributed by atoms with van der Waals surface area (Å²) >= 11 is 1.57. The highest BCUT2D eigenvalue weighted by Gasteiger charge is 2.15. The van der Waals surface area contributed by atoms with E-state index in [0.29, 0.717) is 0 Å². The van der Waals surface area contributed by atoms with Crippen molar-refractivity contribution in [2.75, 3.05) is 13.4 Å². The van der Waals surface area contributed by atoms with Crippen molar-refractivity contribution in [1.82, 2.24) is 14.8 Å². The number of methoxy groups -OCH3 is 1. The molecule has 0 unspecified atom stereocenters. The van der Waals surface area contributed by atoms with Crippen LogP contribution in [0.4, 0.5) is 0 Å². The maximum atomic E-state index is 5.29. The predicted octanol–water partition coefficient (Wildman–Crippen LogP) is 3.66. The van der Waals surface area contributed by atoms with Crippen LogP contribution in [0.5, 0.6) is 5.75 Å². The predicted molar refractivity (Wildman–Crippen MR) is 85.1 cm³/mol. The number of rotatable bonds is 4. The summed E-state index contributed by atoms with van der Waals surface area (Å²) in [6.07, 6.45) is 2.00. The van der Waals surface area contributed by atoms with Crippen molar-refractivity contribution >= 4 is 11.8 Å². The largest absolute Gasteiger partial charge is 0.497 e. The van der Waals surface area contributed by atoms with E-state index in [1.807, 2.05) is 60.9 Å². The molecular weight excluding hydrogens is 282 g/mol. The molecule has 4 nitrogen and oxygen atoms in total. The number of benzene rings is 2. The Hall–Kier alpha value is -2.27. The lowest BCUT2D eigenvalue weighted by atomic mass is 10.2. The minimum atomic E-state index is 0.806. The number of ether oxygens (including phenoxy) is 1. The monoisotopic (exact) mass is 297 g/mol. The van der Waals surface area contributed by atoms with E-state index in [-0.39, 0.29) is 0 Å². The molecule has 0 bridgehead atoms. The van der Waals surface area contributed by atoms with Gasteiger partial charge in [-0.15, -0.1) is 10.2 Å². The lowest BCUT2D eigenvalue weighted by Gasteiger charge is -2.10. The van der Waals surface area contributed by atoms with Gasteiger partial charge in [0.05, 0.1) is 7.11 Å². The summed E-state index contributed by atoms with van der Waals surface area (Å²) in [7, 11) is 1.66. The molecule has 0 amide bonds. The second kappa shape index (κ2) is 6.01. The minimum absolute atomic E-state index is 0.806. The van der Waals surface area contributed by atoms with Gasteiger partial charge in [0.15, 0.2) is 11.0 Å². The molecule has 2 aromatic carbocycles. The summed E-state index contributed by atoms with van der Waals surface area (Å²) < 4.78 is 7.35. The molecule has 0 aliphatic rings. The Morgan fingerprint density at radius 3 is 2.52 bits per heavy atom. The maximum Gasteiger partial charge on any atom is 0.195 e. The molecular formula is C16H15N3OS. The number of hydrogen-bond acceptors (Lipinski definition) is 4. The van der Waals surface area contributed by atoms with E-state index < -0.39 is 0 Å². The molecule has 21 heavy (non-hydrogen) atoms. The molecule has 1 heterocycles. The van der Waals surface area contributed by atoms with Crippen molar-refractivity contribution in [2.24, 2.45) is 0 Å². The Balaban J connectivity index is 2.17. The number of aromatic nitrogens is 3. The third-order valence-corrected chi connectivity index (χ3v) is 3.79. The first-order chi connectivity index (χ1) is 10.3. The molecule has 1 aromatic heterocycles. The summed E-state index contributed by atoms with van der Waals surface area (Å²) in [5, 5.41) is 9.48. The van der Waals surface area contributed by atoms with Gasteiger partial charge < -0.3 is 4.74 Å². The van der Waals surface area contributed by atoms with Crippen molar-refractivity contribution < 1.29 is 4.74 Å². The maximum absolute atomic E-state index is 5.29. The lowest BCUT2D eigenvalue weighted by molar-refractivity contribution is 0.415. The summed E-state index contributed by atoms with van der Waals surface area (Å²) in [6, 6.07) is 18.0. The van der Waals surface area contributed by atoms with E-state index in [4.69, 9.17) is 4.74 Å². The Kier molecular flexibility index (Phi) is 3.92. The molecule has 5 heteroatoms. The van der Waals surface area contributed by atoms with Crippen LogP contribution in [0, 0.1) is 0 Å². The molecule has 106 valence electrons. The van der Waals surface area contributed by atoms with Gasteiger partial charge in [-0.2, -0.15) is 0 Å². The van der Waals surface area contributed by atoms with Crippen LogP contribution in [0.3, 0.4) is 0 Å². The van der Waals surface area contributed by atoms with Crippen LogP contribution in [0.15, 0.2) is 59.8 Å². The zero-order valence-electron chi connectivity index (χ0n) is 11.9. The average molecular weight is 297 g/mol. The molecule has 0 radical (unpaired) electrons. The SMILES string of the molecule is COc1cccc(-c2nnc(SC)n2-c2ccccc2)c1. The lowest BCUT2D eigenvalue weighted by Crippen LogP contribution is -1.99. The fourth-order valence-corrected chi connectivity index (χ4v) is 2.66. The van der Waals surface area contributed by atoms with Crippen LogP contribution >= 0.6 is 11.8 Å². The summed E-state index contributed by atoms with van der Waals surface area (Å²) in [4.78, 5) is 0. The Morgan fingerprint density at radius 1 is 1.00 bits per heavy atom. The second-order valence-corrected chi connectivity index (χ2v) is 5.19. The topological polar surface area (TPSA) is 39.9 Å². The number of hydrogen-bond donors (Lipinski definition) is 0. The van der Waals surface area contributed by atoms with E-state index >= 15 is 0 Å². The fourth-order valence-electron chi connectivity index (χ4n) is 2.16. The van der Waals surface area contributed by atoms with Crippen LogP contribution < -0.4 is 4.74 Å². The Bertz CT molecular complexity index is 740. The summed E-state index contributed by atoms with van der Waals surface area (Å²) in [5.41, 5.74) is 2.02. The molecule has 0 aliphatic carbocycles. The van der Waals surface area contributed by atoms with E-state index in [2.05, 4.69) is 14.8 Å². The van der Waals surface area contributed by atoms with Crippen LogP contribution in [0.25, 0.3) is 17.1 Å². The standard InChI is InChI=1S/C16H15N3OS/c1-20-14-10-6-7-12(11-14)15-17-18-16(21-2)19(15)13-8-4-3-5-9-13/h3-11H,1-2H3. The van der Waals surface area contributed by atoms with Crippen LogP contribution in [-0.2, 0) is 0 Å². The van der Waals surface area contributed by atoms with Crippen molar-refractivity contribution in [3.63, 3.8) is 0 Å². The zero-order chi connectivity index (χ0) is 14.7. The van der Waals surface area contributed by atoms with Gasteiger partial charge in [0.1, 0.15) is 5.75 Å². The molecule has 3 rings (SSSR count).